The van der Waals surface area contributed by atoms with Crippen molar-refractivity contribution in [1.82, 2.24) is 0 Å². The number of azide groups is 1. The van der Waals surface area contributed by atoms with E-state index in [1.165, 1.54) is 3.78 Å². The quantitative estimate of drug-likeness (QED) is 0.345. The topological polar surface area (TPSA) is 48.8 Å². The summed E-state index contributed by atoms with van der Waals surface area (Å²) in [4.78, 5) is 2.80. The van der Waals surface area contributed by atoms with Gasteiger partial charge in [-0.15, -0.1) is 0 Å². The van der Waals surface area contributed by atoms with E-state index in [-0.39, 0.29) is 0 Å². The van der Waals surface area contributed by atoms with Crippen LogP contribution in [-0.2, 0) is 18.7 Å². The molecule has 0 saturated heterocycles. The van der Waals surface area contributed by atoms with Crippen molar-refractivity contribution in [3.8, 4) is 0 Å². The van der Waals surface area contributed by atoms with Crippen LogP contribution >= 0.6 is 0 Å². The molecule has 0 amide bonds. The Morgan fingerprint density at radius 2 is 2.00 bits per heavy atom. The first-order valence-electron chi connectivity index (χ1n) is 2.90. The maximum atomic E-state index is 8.19. The Balaban J connectivity index is 2.84. The standard InChI is InChI=1S/C6H5.CH3.Au.N3/c1-2-4-6-5-3-1;;;1-3-2/h1-5H;1H3;;/q;;+1;-1. The first kappa shape index (κ1) is 8.37. The minimum atomic E-state index is -1.44. The molecule has 0 atom stereocenters. The molecule has 3 nitrogen and oxygen atoms in total. The Bertz CT molecular complexity index is 266. The molecule has 0 saturated carbocycles. The van der Waals surface area contributed by atoms with Crippen LogP contribution in [0.15, 0.2) is 33.8 Å². The van der Waals surface area contributed by atoms with Gasteiger partial charge in [-0.2, -0.15) is 0 Å². The zero-order chi connectivity index (χ0) is 8.10. The molecule has 1 rings (SSSR count). The van der Waals surface area contributed by atoms with Crippen LogP contribution < -0.4 is 3.78 Å². The third-order valence-electron chi connectivity index (χ3n) is 1.08. The molecule has 0 bridgehead atoms. The fraction of sp³-hybridized carbons (Fsp3) is 0.143. The molecule has 1 aromatic rings. The second kappa shape index (κ2) is 4.21. The second-order valence-corrected chi connectivity index (χ2v) is 5.97. The van der Waals surface area contributed by atoms with E-state index in [0.29, 0.717) is 0 Å². The summed E-state index contributed by atoms with van der Waals surface area (Å²) in [5, 5.41) is 2.02. The molecule has 0 fully saturated rings. The van der Waals surface area contributed by atoms with Crippen molar-refractivity contribution in [3.05, 3.63) is 40.8 Å². The monoisotopic (exact) mass is 331 g/mol. The molecule has 4 heteroatoms. The second-order valence-electron chi connectivity index (χ2n) is 1.75. The van der Waals surface area contributed by atoms with E-state index in [2.05, 4.69) is 8.43 Å². The van der Waals surface area contributed by atoms with Gasteiger partial charge in [0.1, 0.15) is 0 Å². The van der Waals surface area contributed by atoms with E-state index < -0.39 is 18.7 Å². The van der Waals surface area contributed by atoms with Gasteiger partial charge in [0, 0.05) is 0 Å². The number of nitrogens with zero attached hydrogens (tertiary/aromatic N) is 3. The van der Waals surface area contributed by atoms with Crippen molar-refractivity contribution in [2.45, 2.75) is 5.14 Å². The first-order valence-corrected chi connectivity index (χ1v) is 7.12. The molecule has 0 spiro atoms. The van der Waals surface area contributed by atoms with Crippen molar-refractivity contribution in [1.29, 1.82) is 0 Å². The summed E-state index contributed by atoms with van der Waals surface area (Å²) in [6.07, 6.45) is 0. The van der Waals surface area contributed by atoms with Gasteiger partial charge in [-0.3, -0.25) is 0 Å². The average Bonchev–Trinajstić information content (AvgIpc) is 2.07. The molecule has 1 aromatic carbocycles. The van der Waals surface area contributed by atoms with Crippen molar-refractivity contribution in [2.75, 3.05) is 0 Å². The van der Waals surface area contributed by atoms with Crippen molar-refractivity contribution in [3.63, 3.8) is 0 Å². The van der Waals surface area contributed by atoms with Crippen LogP contribution in [0.3, 0.4) is 0 Å². The number of benzene rings is 1. The predicted molar refractivity (Wildman–Crippen MR) is 41.1 cm³/mol. The summed E-state index contributed by atoms with van der Waals surface area (Å²) < 4.78 is 4.92. The SMILES string of the molecule is [CH3][Au]([N]=[N+]=[N-])[c]1ccccc1. The van der Waals surface area contributed by atoms with E-state index in [1.807, 2.05) is 35.5 Å². The summed E-state index contributed by atoms with van der Waals surface area (Å²) in [7, 11) is 0. The van der Waals surface area contributed by atoms with Gasteiger partial charge in [-0.1, -0.05) is 0 Å². The van der Waals surface area contributed by atoms with Crippen LogP contribution in [0, 0.1) is 0 Å². The van der Waals surface area contributed by atoms with Crippen LogP contribution in [0.2, 0.25) is 5.14 Å². The maximum absolute atomic E-state index is 8.19. The summed E-state index contributed by atoms with van der Waals surface area (Å²) in [6, 6.07) is 9.91. The Kier molecular flexibility index (Phi) is 3.20. The molecule has 0 aliphatic rings. The van der Waals surface area contributed by atoms with E-state index in [0.717, 1.165) is 0 Å². The molecular formula is C7H8AuN3. The Hall–Kier alpha value is -0.730. The molecule has 0 heterocycles. The zero-order valence-electron chi connectivity index (χ0n) is 6.03. The van der Waals surface area contributed by atoms with Crippen LogP contribution in [0.25, 0.3) is 10.4 Å². The average molecular weight is 331 g/mol. The van der Waals surface area contributed by atoms with Gasteiger partial charge in [0.2, 0.25) is 0 Å². The van der Waals surface area contributed by atoms with Gasteiger partial charge in [0.25, 0.3) is 0 Å². The number of rotatable bonds is 2. The van der Waals surface area contributed by atoms with E-state index in [1.54, 1.807) is 0 Å². The van der Waals surface area contributed by atoms with E-state index in [4.69, 9.17) is 5.53 Å². The Morgan fingerprint density at radius 3 is 2.55 bits per heavy atom. The van der Waals surface area contributed by atoms with Crippen molar-refractivity contribution >= 4 is 3.78 Å². The molecule has 0 N–H and O–H groups in total. The molecule has 11 heavy (non-hydrogen) atoms. The fourth-order valence-corrected chi connectivity index (χ4v) is 2.62. The van der Waals surface area contributed by atoms with Crippen molar-refractivity contribution in [2.24, 2.45) is 3.52 Å². The summed E-state index contributed by atoms with van der Waals surface area (Å²) in [5.74, 6) is 0. The van der Waals surface area contributed by atoms with Gasteiger partial charge in [-0.05, 0) is 0 Å². The van der Waals surface area contributed by atoms with E-state index in [9.17, 15) is 0 Å². The summed E-state index contributed by atoms with van der Waals surface area (Å²) in [5.41, 5.74) is 8.19. The Morgan fingerprint density at radius 1 is 1.36 bits per heavy atom. The van der Waals surface area contributed by atoms with Gasteiger partial charge in [0.15, 0.2) is 0 Å². The van der Waals surface area contributed by atoms with Gasteiger partial charge < -0.3 is 0 Å². The first-order chi connectivity index (χ1) is 5.34. The molecule has 0 unspecified atom stereocenters. The normalized spacial score (nSPS) is 10.1. The van der Waals surface area contributed by atoms with Crippen LogP contribution in [-0.4, -0.2) is 0 Å². The van der Waals surface area contributed by atoms with Crippen LogP contribution in [0.1, 0.15) is 0 Å². The third-order valence-corrected chi connectivity index (χ3v) is 4.45. The zero-order valence-corrected chi connectivity index (χ0v) is 8.20. The number of hydrogen-bond acceptors (Lipinski definition) is 1. The molecular weight excluding hydrogens is 323 g/mol. The van der Waals surface area contributed by atoms with Crippen LogP contribution in [0.4, 0.5) is 0 Å². The molecule has 62 valence electrons. The van der Waals surface area contributed by atoms with Crippen LogP contribution in [0.5, 0.6) is 0 Å². The molecule has 0 aliphatic heterocycles. The summed E-state index contributed by atoms with van der Waals surface area (Å²) in [6.45, 7) is 0. The minimum absolute atomic E-state index is 1.19. The van der Waals surface area contributed by atoms with Gasteiger partial charge >= 0.3 is 71.9 Å². The number of hydrogen-bond donors (Lipinski definition) is 0. The van der Waals surface area contributed by atoms with E-state index >= 15 is 0 Å². The predicted octanol–water partition coefficient (Wildman–Crippen LogP) is 2.20. The van der Waals surface area contributed by atoms with Gasteiger partial charge in [0.05, 0.1) is 0 Å². The molecule has 0 aromatic heterocycles. The molecule has 0 aliphatic carbocycles. The molecule has 0 radical (unpaired) electrons. The van der Waals surface area contributed by atoms with Crippen molar-refractivity contribution < 1.29 is 18.7 Å². The fourth-order valence-electron chi connectivity index (χ4n) is 0.621. The third kappa shape index (κ3) is 2.41. The summed E-state index contributed by atoms with van der Waals surface area (Å²) >= 11 is -1.44. The Labute approximate surface area is 72.1 Å². The van der Waals surface area contributed by atoms with Gasteiger partial charge in [-0.25, -0.2) is 0 Å².